The van der Waals surface area contributed by atoms with Gasteiger partial charge in [0, 0.05) is 0 Å². The van der Waals surface area contributed by atoms with Crippen LogP contribution in [0, 0.1) is 0 Å². The maximum absolute atomic E-state index is 5.05. The Balaban J connectivity index is 2.11. The van der Waals surface area contributed by atoms with Crippen molar-refractivity contribution in [3.05, 3.63) is 42.5 Å². The lowest BCUT2D eigenvalue weighted by Crippen LogP contribution is -1.90. The Hall–Kier alpha value is -2.17. The molecule has 0 unspecified atom stereocenters. The van der Waals surface area contributed by atoms with Gasteiger partial charge < -0.3 is 4.74 Å². The first-order chi connectivity index (χ1) is 7.38. The third-order valence-corrected chi connectivity index (χ3v) is 1.85. The summed E-state index contributed by atoms with van der Waals surface area (Å²) in [5, 5.41) is 7.92. The zero-order chi connectivity index (χ0) is 10.5. The van der Waals surface area contributed by atoms with E-state index in [1.165, 1.54) is 17.4 Å². The van der Waals surface area contributed by atoms with Crippen LogP contribution in [-0.2, 0) is 0 Å². The van der Waals surface area contributed by atoms with E-state index in [2.05, 4.69) is 15.2 Å². The van der Waals surface area contributed by atoms with Crippen LogP contribution in [0.5, 0.6) is 5.75 Å². The first-order valence-corrected chi connectivity index (χ1v) is 4.41. The average Bonchev–Trinajstić information content (AvgIpc) is 2.80. The molecule has 0 N–H and O–H groups in total. The molecule has 0 radical (unpaired) electrons. The van der Waals surface area contributed by atoms with Gasteiger partial charge in [0.1, 0.15) is 18.4 Å². The molecule has 0 aliphatic rings. The summed E-state index contributed by atoms with van der Waals surface area (Å²) in [4.78, 5) is 5.17. The van der Waals surface area contributed by atoms with Crippen LogP contribution in [0.25, 0.3) is 0 Å². The highest BCUT2D eigenvalue weighted by Crippen LogP contribution is 2.09. The predicted molar refractivity (Wildman–Crippen MR) is 56.0 cm³/mol. The maximum atomic E-state index is 5.05. The molecule has 0 spiro atoms. The average molecular weight is 202 g/mol. The summed E-state index contributed by atoms with van der Waals surface area (Å²) in [6, 6.07) is 7.59. The molecule has 2 rings (SSSR count). The van der Waals surface area contributed by atoms with Crippen molar-refractivity contribution in [3.8, 4) is 5.75 Å². The highest BCUT2D eigenvalue weighted by Gasteiger charge is 1.90. The SMILES string of the molecule is COc1ccc(/C=N\n2cncn2)cc1. The zero-order valence-corrected chi connectivity index (χ0v) is 8.24. The zero-order valence-electron chi connectivity index (χ0n) is 8.24. The first kappa shape index (κ1) is 9.39. The van der Waals surface area contributed by atoms with Crippen molar-refractivity contribution in [1.29, 1.82) is 0 Å². The van der Waals surface area contributed by atoms with E-state index >= 15 is 0 Å². The normalized spacial score (nSPS) is 10.7. The largest absolute Gasteiger partial charge is 0.497 e. The van der Waals surface area contributed by atoms with Gasteiger partial charge in [0.25, 0.3) is 0 Å². The molecule has 0 saturated heterocycles. The Bertz CT molecular complexity index is 433. The molecular formula is C10H10N4O. The number of hydrogen-bond acceptors (Lipinski definition) is 4. The Morgan fingerprint density at radius 1 is 1.33 bits per heavy atom. The third-order valence-electron chi connectivity index (χ3n) is 1.85. The molecule has 1 aromatic heterocycles. The number of rotatable bonds is 3. The summed E-state index contributed by atoms with van der Waals surface area (Å²) >= 11 is 0. The molecule has 5 heteroatoms. The van der Waals surface area contributed by atoms with Gasteiger partial charge >= 0.3 is 0 Å². The fourth-order valence-corrected chi connectivity index (χ4v) is 1.08. The van der Waals surface area contributed by atoms with Gasteiger partial charge in [0.15, 0.2) is 0 Å². The van der Waals surface area contributed by atoms with Crippen molar-refractivity contribution < 1.29 is 4.74 Å². The van der Waals surface area contributed by atoms with Gasteiger partial charge in [0.2, 0.25) is 0 Å². The second-order valence-electron chi connectivity index (χ2n) is 2.83. The second-order valence-corrected chi connectivity index (χ2v) is 2.83. The van der Waals surface area contributed by atoms with Crippen LogP contribution < -0.4 is 4.74 Å². The van der Waals surface area contributed by atoms with Crippen molar-refractivity contribution in [2.45, 2.75) is 0 Å². The molecule has 0 atom stereocenters. The Kier molecular flexibility index (Phi) is 2.73. The number of hydrogen-bond donors (Lipinski definition) is 0. The lowest BCUT2D eigenvalue weighted by Gasteiger charge is -1.98. The Morgan fingerprint density at radius 3 is 2.73 bits per heavy atom. The van der Waals surface area contributed by atoms with E-state index in [9.17, 15) is 0 Å². The molecule has 0 saturated carbocycles. The smallest absolute Gasteiger partial charge is 0.139 e. The second kappa shape index (κ2) is 4.36. The fourth-order valence-electron chi connectivity index (χ4n) is 1.08. The number of aromatic nitrogens is 3. The predicted octanol–water partition coefficient (Wildman–Crippen LogP) is 1.17. The molecule has 1 aromatic carbocycles. The van der Waals surface area contributed by atoms with E-state index in [0.29, 0.717) is 0 Å². The van der Waals surface area contributed by atoms with Crippen LogP contribution in [0.1, 0.15) is 5.56 Å². The molecule has 2 aromatic rings. The van der Waals surface area contributed by atoms with Gasteiger partial charge in [-0.3, -0.25) is 0 Å². The number of nitrogens with zero attached hydrogens (tertiary/aromatic N) is 4. The van der Waals surface area contributed by atoms with Crippen LogP contribution in [0.2, 0.25) is 0 Å². The number of methoxy groups -OCH3 is 1. The Labute approximate surface area is 87.0 Å². The van der Waals surface area contributed by atoms with Crippen LogP contribution in [-0.4, -0.2) is 28.2 Å². The molecule has 5 nitrogen and oxygen atoms in total. The summed E-state index contributed by atoms with van der Waals surface area (Å²) in [6.45, 7) is 0. The van der Waals surface area contributed by atoms with Crippen LogP contribution >= 0.6 is 0 Å². The van der Waals surface area contributed by atoms with Crippen LogP contribution in [0.4, 0.5) is 0 Å². The first-order valence-electron chi connectivity index (χ1n) is 4.41. The Morgan fingerprint density at radius 2 is 2.13 bits per heavy atom. The maximum Gasteiger partial charge on any atom is 0.139 e. The van der Waals surface area contributed by atoms with Crippen molar-refractivity contribution in [2.75, 3.05) is 7.11 Å². The van der Waals surface area contributed by atoms with Gasteiger partial charge in [-0.05, 0) is 29.8 Å². The summed E-state index contributed by atoms with van der Waals surface area (Å²) < 4.78 is 5.05. The molecule has 0 aliphatic heterocycles. The third kappa shape index (κ3) is 2.40. The molecule has 15 heavy (non-hydrogen) atoms. The summed E-state index contributed by atoms with van der Waals surface area (Å²) in [5.41, 5.74) is 0.978. The van der Waals surface area contributed by atoms with E-state index in [0.717, 1.165) is 11.3 Å². The van der Waals surface area contributed by atoms with Crippen LogP contribution in [0.15, 0.2) is 42.0 Å². The van der Waals surface area contributed by atoms with E-state index in [-0.39, 0.29) is 0 Å². The number of ether oxygens (including phenoxy) is 1. The highest BCUT2D eigenvalue weighted by molar-refractivity contribution is 5.79. The van der Waals surface area contributed by atoms with Gasteiger partial charge in [-0.15, -0.1) is 9.89 Å². The minimum absolute atomic E-state index is 0.827. The van der Waals surface area contributed by atoms with E-state index in [4.69, 9.17) is 4.74 Å². The molecular weight excluding hydrogens is 192 g/mol. The topological polar surface area (TPSA) is 52.3 Å². The van der Waals surface area contributed by atoms with E-state index in [1.807, 2.05) is 24.3 Å². The minimum Gasteiger partial charge on any atom is -0.497 e. The molecule has 0 fully saturated rings. The summed E-state index contributed by atoms with van der Waals surface area (Å²) in [6.07, 6.45) is 4.67. The summed E-state index contributed by atoms with van der Waals surface area (Å²) in [7, 11) is 1.64. The molecule has 0 aliphatic carbocycles. The molecule has 76 valence electrons. The van der Waals surface area contributed by atoms with Crippen molar-refractivity contribution in [2.24, 2.45) is 5.10 Å². The van der Waals surface area contributed by atoms with E-state index in [1.54, 1.807) is 13.3 Å². The van der Waals surface area contributed by atoms with Crippen molar-refractivity contribution in [3.63, 3.8) is 0 Å². The molecule has 1 heterocycles. The minimum atomic E-state index is 0.827. The quantitative estimate of drug-likeness (QED) is 0.702. The van der Waals surface area contributed by atoms with Crippen LogP contribution in [0.3, 0.4) is 0 Å². The highest BCUT2D eigenvalue weighted by atomic mass is 16.5. The monoisotopic (exact) mass is 202 g/mol. The summed E-state index contributed by atoms with van der Waals surface area (Å²) in [5.74, 6) is 0.827. The van der Waals surface area contributed by atoms with Gasteiger partial charge in [-0.1, -0.05) is 0 Å². The van der Waals surface area contributed by atoms with E-state index < -0.39 is 0 Å². The number of benzene rings is 1. The van der Waals surface area contributed by atoms with Gasteiger partial charge in [-0.25, -0.2) is 4.98 Å². The lowest BCUT2D eigenvalue weighted by atomic mass is 10.2. The van der Waals surface area contributed by atoms with Gasteiger partial charge in [0.05, 0.1) is 13.3 Å². The van der Waals surface area contributed by atoms with Gasteiger partial charge in [-0.2, -0.15) is 5.10 Å². The molecule has 0 bridgehead atoms. The lowest BCUT2D eigenvalue weighted by molar-refractivity contribution is 0.415. The standard InChI is InChI=1S/C10H10N4O/c1-15-10-4-2-9(3-5-10)6-12-14-8-11-7-13-14/h2-8H,1H3/b12-6-. The fraction of sp³-hybridized carbons (Fsp3) is 0.100. The molecule has 0 amide bonds. The van der Waals surface area contributed by atoms with Crippen molar-refractivity contribution >= 4 is 6.21 Å². The van der Waals surface area contributed by atoms with Crippen molar-refractivity contribution in [1.82, 2.24) is 14.9 Å².